The zero-order chi connectivity index (χ0) is 17.5. The fraction of sp³-hybridized carbons (Fsp3) is 0.273. The zero-order valence-electron chi connectivity index (χ0n) is 14.9. The second kappa shape index (κ2) is 6.22. The van der Waals surface area contributed by atoms with E-state index in [0.717, 1.165) is 35.6 Å². The van der Waals surface area contributed by atoms with Gasteiger partial charge in [-0.3, -0.25) is 0 Å². The number of hydrogen-bond donors (Lipinski definition) is 1. The van der Waals surface area contributed by atoms with Crippen LogP contribution < -0.4 is 5.32 Å². The van der Waals surface area contributed by atoms with Crippen LogP contribution in [0.3, 0.4) is 0 Å². The van der Waals surface area contributed by atoms with Crippen LogP contribution in [0.2, 0.25) is 0 Å². The smallest absolute Gasteiger partial charge is 0.160 e. The Bertz CT molecular complexity index is 1090. The fourth-order valence-electron chi connectivity index (χ4n) is 4.18. The van der Waals surface area contributed by atoms with Crippen LogP contribution in [0.1, 0.15) is 24.7 Å². The first-order valence-corrected chi connectivity index (χ1v) is 9.35. The largest absolute Gasteiger partial charge is 0.315 e. The van der Waals surface area contributed by atoms with Crippen molar-refractivity contribution < 1.29 is 0 Å². The molecule has 2 aromatic carbocycles. The summed E-state index contributed by atoms with van der Waals surface area (Å²) in [4.78, 5) is 9.62. The third kappa shape index (κ3) is 2.49. The lowest BCUT2D eigenvalue weighted by molar-refractivity contribution is 0.372. The van der Waals surface area contributed by atoms with Gasteiger partial charge in [0.25, 0.3) is 0 Å². The molecule has 4 heteroatoms. The molecule has 0 saturated carbocycles. The van der Waals surface area contributed by atoms with Crippen LogP contribution in [0.4, 0.5) is 0 Å². The van der Waals surface area contributed by atoms with Gasteiger partial charge >= 0.3 is 0 Å². The van der Waals surface area contributed by atoms with E-state index in [1.807, 2.05) is 6.20 Å². The van der Waals surface area contributed by atoms with Gasteiger partial charge in [0.15, 0.2) is 5.65 Å². The Kier molecular flexibility index (Phi) is 3.71. The monoisotopic (exact) mass is 342 g/mol. The summed E-state index contributed by atoms with van der Waals surface area (Å²) in [5.74, 6) is 1.05. The number of rotatable bonds is 2. The molecule has 26 heavy (non-hydrogen) atoms. The molecule has 4 aromatic rings. The van der Waals surface area contributed by atoms with Crippen molar-refractivity contribution >= 4 is 21.9 Å². The van der Waals surface area contributed by atoms with Crippen molar-refractivity contribution in [2.75, 3.05) is 13.1 Å². The maximum absolute atomic E-state index is 4.92. The van der Waals surface area contributed by atoms with Crippen molar-refractivity contribution in [3.05, 3.63) is 60.6 Å². The number of hydrogen-bond acceptors (Lipinski definition) is 3. The first kappa shape index (κ1) is 15.5. The minimum Gasteiger partial charge on any atom is -0.315 e. The summed E-state index contributed by atoms with van der Waals surface area (Å²) >= 11 is 0. The highest BCUT2D eigenvalue weighted by molar-refractivity contribution is 5.94. The molecule has 130 valence electrons. The van der Waals surface area contributed by atoms with E-state index in [4.69, 9.17) is 9.97 Å². The van der Waals surface area contributed by atoms with Gasteiger partial charge in [-0.2, -0.15) is 0 Å². The number of fused-ring (bicyclic) bond motifs is 2. The molecule has 1 N–H and O–H groups in total. The van der Waals surface area contributed by atoms with E-state index in [1.54, 1.807) is 0 Å². The Morgan fingerprint density at radius 2 is 1.96 bits per heavy atom. The van der Waals surface area contributed by atoms with E-state index in [9.17, 15) is 0 Å². The third-order valence-corrected chi connectivity index (χ3v) is 5.45. The average Bonchev–Trinajstić information content (AvgIpc) is 3.04. The number of aryl methyl sites for hydroxylation is 1. The highest BCUT2D eigenvalue weighted by atomic mass is 15.2. The molecule has 0 unspecified atom stereocenters. The second-order valence-corrected chi connectivity index (χ2v) is 7.12. The molecular weight excluding hydrogens is 320 g/mol. The Morgan fingerprint density at radius 3 is 2.81 bits per heavy atom. The maximum atomic E-state index is 4.92. The van der Waals surface area contributed by atoms with E-state index in [1.165, 1.54) is 29.2 Å². The third-order valence-electron chi connectivity index (χ3n) is 5.45. The number of nitrogens with one attached hydrogen (secondary N) is 1. The predicted molar refractivity (Wildman–Crippen MR) is 106 cm³/mol. The highest BCUT2D eigenvalue weighted by Gasteiger charge is 2.21. The lowest BCUT2D eigenvalue weighted by atomic mass is 10.0. The van der Waals surface area contributed by atoms with Crippen molar-refractivity contribution in [2.45, 2.75) is 25.8 Å². The van der Waals surface area contributed by atoms with Gasteiger partial charge in [-0.15, -0.1) is 0 Å². The molecule has 0 amide bonds. The van der Waals surface area contributed by atoms with Gasteiger partial charge in [0.1, 0.15) is 11.3 Å². The normalized spacial score (nSPS) is 17.8. The molecule has 0 spiro atoms. The van der Waals surface area contributed by atoms with Gasteiger partial charge in [-0.05, 0) is 54.8 Å². The SMILES string of the molecule is Cc1nc2c(-c3ccc4ccccc4c3)ccnc2n1[C@H]1CCCNC1. The maximum Gasteiger partial charge on any atom is 0.160 e. The molecule has 0 aliphatic carbocycles. The molecular formula is C22H22N4. The van der Waals surface area contributed by atoms with E-state index < -0.39 is 0 Å². The number of benzene rings is 2. The molecule has 1 atom stereocenters. The summed E-state index contributed by atoms with van der Waals surface area (Å²) in [6.45, 7) is 4.20. The molecule has 0 radical (unpaired) electrons. The fourth-order valence-corrected chi connectivity index (χ4v) is 4.18. The summed E-state index contributed by atoms with van der Waals surface area (Å²) in [6, 6.07) is 17.6. The summed E-state index contributed by atoms with van der Waals surface area (Å²) in [5.41, 5.74) is 4.36. The minimum atomic E-state index is 0.438. The van der Waals surface area contributed by atoms with Gasteiger partial charge in [-0.25, -0.2) is 9.97 Å². The minimum absolute atomic E-state index is 0.438. The van der Waals surface area contributed by atoms with Crippen LogP contribution >= 0.6 is 0 Å². The summed E-state index contributed by atoms with van der Waals surface area (Å²) in [6.07, 6.45) is 4.30. The molecule has 0 bridgehead atoms. The van der Waals surface area contributed by atoms with Crippen LogP contribution in [-0.4, -0.2) is 27.6 Å². The summed E-state index contributed by atoms with van der Waals surface area (Å²) in [7, 11) is 0. The first-order chi connectivity index (χ1) is 12.8. The molecule has 1 aliphatic rings. The van der Waals surface area contributed by atoms with E-state index in [0.29, 0.717) is 6.04 Å². The van der Waals surface area contributed by atoms with E-state index in [-0.39, 0.29) is 0 Å². The number of nitrogens with zero attached hydrogens (tertiary/aromatic N) is 3. The van der Waals surface area contributed by atoms with Crippen LogP contribution in [-0.2, 0) is 0 Å². The van der Waals surface area contributed by atoms with Gasteiger partial charge in [0.2, 0.25) is 0 Å². The Hall–Kier alpha value is -2.72. The Balaban J connectivity index is 1.68. The van der Waals surface area contributed by atoms with Gasteiger partial charge in [0.05, 0.1) is 0 Å². The Labute approximate surface area is 152 Å². The average molecular weight is 342 g/mol. The lowest BCUT2D eigenvalue weighted by Gasteiger charge is -2.25. The van der Waals surface area contributed by atoms with Crippen LogP contribution in [0.25, 0.3) is 33.1 Å². The van der Waals surface area contributed by atoms with E-state index >= 15 is 0 Å². The molecule has 1 aliphatic heterocycles. The highest BCUT2D eigenvalue weighted by Crippen LogP contribution is 2.32. The van der Waals surface area contributed by atoms with Gasteiger partial charge in [0, 0.05) is 24.3 Å². The van der Waals surface area contributed by atoms with Crippen LogP contribution in [0.15, 0.2) is 54.7 Å². The molecule has 3 heterocycles. The van der Waals surface area contributed by atoms with Crippen molar-refractivity contribution in [1.82, 2.24) is 19.9 Å². The first-order valence-electron chi connectivity index (χ1n) is 9.35. The van der Waals surface area contributed by atoms with Gasteiger partial charge < -0.3 is 9.88 Å². The second-order valence-electron chi connectivity index (χ2n) is 7.12. The van der Waals surface area contributed by atoms with Crippen molar-refractivity contribution in [3.8, 4) is 11.1 Å². The van der Waals surface area contributed by atoms with Crippen LogP contribution in [0, 0.1) is 6.92 Å². The predicted octanol–water partition coefficient (Wildman–Crippen LogP) is 4.48. The van der Waals surface area contributed by atoms with Gasteiger partial charge in [-0.1, -0.05) is 36.4 Å². The standard InChI is InChI=1S/C22H22N4/c1-15-25-21-20(18-9-8-16-5-2-3-6-17(16)13-18)10-12-24-22(21)26(15)19-7-4-11-23-14-19/h2-3,5-6,8-10,12-13,19,23H,4,7,11,14H2,1H3/t19-/m0/s1. The molecule has 1 saturated heterocycles. The summed E-state index contributed by atoms with van der Waals surface area (Å²) in [5, 5.41) is 6.02. The van der Waals surface area contributed by atoms with Crippen molar-refractivity contribution in [1.29, 1.82) is 0 Å². The zero-order valence-corrected chi connectivity index (χ0v) is 14.9. The molecule has 1 fully saturated rings. The lowest BCUT2D eigenvalue weighted by Crippen LogP contribution is -2.32. The Morgan fingerprint density at radius 1 is 1.08 bits per heavy atom. The molecule has 2 aromatic heterocycles. The number of pyridine rings is 1. The van der Waals surface area contributed by atoms with Crippen molar-refractivity contribution in [3.63, 3.8) is 0 Å². The number of imidazole rings is 1. The quantitative estimate of drug-likeness (QED) is 0.584. The van der Waals surface area contributed by atoms with Crippen LogP contribution in [0.5, 0.6) is 0 Å². The van der Waals surface area contributed by atoms with Crippen molar-refractivity contribution in [2.24, 2.45) is 0 Å². The topological polar surface area (TPSA) is 42.7 Å². The summed E-state index contributed by atoms with van der Waals surface area (Å²) < 4.78 is 2.33. The van der Waals surface area contributed by atoms with E-state index in [2.05, 4.69) is 65.3 Å². The molecule has 4 nitrogen and oxygen atoms in total. The molecule has 5 rings (SSSR count). The number of aromatic nitrogens is 3. The number of piperidine rings is 1.